The molecule has 0 aliphatic heterocycles. The first kappa shape index (κ1) is 20.2. The number of anilines is 2. The van der Waals surface area contributed by atoms with Crippen LogP contribution in [0.5, 0.6) is 11.5 Å². The zero-order chi connectivity index (χ0) is 20.5. The van der Waals surface area contributed by atoms with Gasteiger partial charge in [0.15, 0.2) is 11.5 Å². The van der Waals surface area contributed by atoms with Gasteiger partial charge in [0.25, 0.3) is 0 Å². The van der Waals surface area contributed by atoms with Crippen LogP contribution in [0.15, 0.2) is 66.9 Å². The number of nitrogens with zero attached hydrogens (tertiary/aromatic N) is 1. The number of ether oxygens (including phenoxy) is 2. The highest BCUT2D eigenvalue weighted by Crippen LogP contribution is 2.28. The minimum Gasteiger partial charge on any atom is -0.493 e. The Balaban J connectivity index is 1.48. The number of benzene rings is 2. The van der Waals surface area contributed by atoms with Crippen molar-refractivity contribution in [1.29, 1.82) is 0 Å². The van der Waals surface area contributed by atoms with Crippen LogP contribution in [0, 0.1) is 0 Å². The van der Waals surface area contributed by atoms with E-state index in [9.17, 15) is 4.79 Å². The number of rotatable bonds is 9. The number of hydrogen-bond donors (Lipinski definition) is 2. The van der Waals surface area contributed by atoms with Crippen molar-refractivity contribution in [2.75, 3.05) is 24.9 Å². The van der Waals surface area contributed by atoms with Gasteiger partial charge in [-0.15, -0.1) is 0 Å². The fourth-order valence-corrected chi connectivity index (χ4v) is 2.88. The maximum atomic E-state index is 12.2. The second-order valence-electron chi connectivity index (χ2n) is 6.51. The van der Waals surface area contributed by atoms with E-state index in [1.165, 1.54) is 5.56 Å². The lowest BCUT2D eigenvalue weighted by atomic mass is 10.1. The molecule has 2 aromatic carbocycles. The van der Waals surface area contributed by atoms with E-state index in [2.05, 4.69) is 27.8 Å². The fourth-order valence-electron chi connectivity index (χ4n) is 2.88. The average Bonchev–Trinajstić information content (AvgIpc) is 2.77. The SMILES string of the molecule is COc1ccc(CCC(=O)Nc2ccc(NCc3ccccc3)nc2)cc1OC. The van der Waals surface area contributed by atoms with E-state index < -0.39 is 0 Å². The molecule has 150 valence electrons. The van der Waals surface area contributed by atoms with E-state index in [-0.39, 0.29) is 5.91 Å². The zero-order valence-corrected chi connectivity index (χ0v) is 16.6. The Morgan fingerprint density at radius 2 is 1.72 bits per heavy atom. The molecule has 0 bridgehead atoms. The first-order valence-electron chi connectivity index (χ1n) is 9.42. The van der Waals surface area contributed by atoms with Gasteiger partial charge in [0.2, 0.25) is 5.91 Å². The summed E-state index contributed by atoms with van der Waals surface area (Å²) < 4.78 is 10.5. The molecule has 0 saturated heterocycles. The van der Waals surface area contributed by atoms with Crippen LogP contribution in [0.2, 0.25) is 0 Å². The number of carbonyl (C=O) groups is 1. The van der Waals surface area contributed by atoms with Gasteiger partial charge in [-0.3, -0.25) is 4.79 Å². The molecule has 0 aliphatic carbocycles. The third-order valence-electron chi connectivity index (χ3n) is 4.45. The quantitative estimate of drug-likeness (QED) is 0.570. The lowest BCUT2D eigenvalue weighted by Gasteiger charge is -2.10. The molecule has 6 heteroatoms. The molecule has 0 fully saturated rings. The van der Waals surface area contributed by atoms with Crippen LogP contribution in [0.25, 0.3) is 0 Å². The molecule has 0 unspecified atom stereocenters. The maximum absolute atomic E-state index is 12.2. The van der Waals surface area contributed by atoms with Crippen LogP contribution in [0.4, 0.5) is 11.5 Å². The van der Waals surface area contributed by atoms with Crippen molar-refractivity contribution in [3.05, 3.63) is 78.0 Å². The van der Waals surface area contributed by atoms with E-state index in [1.54, 1.807) is 20.4 Å². The molecular formula is C23H25N3O3. The minimum atomic E-state index is -0.0634. The van der Waals surface area contributed by atoms with Crippen LogP contribution >= 0.6 is 0 Å². The van der Waals surface area contributed by atoms with Crippen molar-refractivity contribution >= 4 is 17.4 Å². The lowest BCUT2D eigenvalue weighted by Crippen LogP contribution is -2.12. The van der Waals surface area contributed by atoms with Crippen LogP contribution in [-0.4, -0.2) is 25.1 Å². The maximum Gasteiger partial charge on any atom is 0.224 e. The van der Waals surface area contributed by atoms with Gasteiger partial charge >= 0.3 is 0 Å². The summed E-state index contributed by atoms with van der Waals surface area (Å²) in [4.78, 5) is 16.6. The van der Waals surface area contributed by atoms with Gasteiger partial charge < -0.3 is 20.1 Å². The van der Waals surface area contributed by atoms with E-state index in [0.717, 1.165) is 11.4 Å². The molecule has 1 amide bonds. The number of carbonyl (C=O) groups excluding carboxylic acids is 1. The van der Waals surface area contributed by atoms with Gasteiger partial charge in [-0.2, -0.15) is 0 Å². The molecule has 1 heterocycles. The number of methoxy groups -OCH3 is 2. The third-order valence-corrected chi connectivity index (χ3v) is 4.45. The number of pyridine rings is 1. The van der Waals surface area contributed by atoms with Gasteiger partial charge in [-0.05, 0) is 41.8 Å². The molecule has 3 rings (SSSR count). The number of aromatic nitrogens is 1. The Labute approximate surface area is 170 Å². The molecular weight excluding hydrogens is 366 g/mol. The largest absolute Gasteiger partial charge is 0.493 e. The van der Waals surface area contributed by atoms with Gasteiger partial charge in [0.05, 0.1) is 26.1 Å². The average molecular weight is 391 g/mol. The zero-order valence-electron chi connectivity index (χ0n) is 16.6. The monoisotopic (exact) mass is 391 g/mol. The van der Waals surface area contributed by atoms with Gasteiger partial charge in [0.1, 0.15) is 5.82 Å². The van der Waals surface area contributed by atoms with Crippen molar-refractivity contribution in [2.24, 2.45) is 0 Å². The number of aryl methyl sites for hydroxylation is 1. The van der Waals surface area contributed by atoms with Gasteiger partial charge in [0, 0.05) is 13.0 Å². The molecule has 1 aromatic heterocycles. The predicted octanol–water partition coefficient (Wildman–Crippen LogP) is 4.28. The highest BCUT2D eigenvalue weighted by molar-refractivity contribution is 5.90. The standard InChI is InChI=1S/C23H25N3O3/c1-28-20-11-8-17(14-21(20)29-2)9-13-23(27)26-19-10-12-22(25-16-19)24-15-18-6-4-3-5-7-18/h3-8,10-12,14,16H,9,13,15H2,1-2H3,(H,24,25)(H,26,27). The highest BCUT2D eigenvalue weighted by atomic mass is 16.5. The van der Waals surface area contributed by atoms with Crippen LogP contribution in [0.1, 0.15) is 17.5 Å². The molecule has 3 aromatic rings. The Kier molecular flexibility index (Phi) is 7.05. The van der Waals surface area contributed by atoms with E-state index in [4.69, 9.17) is 9.47 Å². The molecule has 0 saturated carbocycles. The first-order chi connectivity index (χ1) is 14.2. The van der Waals surface area contributed by atoms with Gasteiger partial charge in [-0.25, -0.2) is 4.98 Å². The van der Waals surface area contributed by atoms with Crippen LogP contribution in [-0.2, 0) is 17.8 Å². The Bertz CT molecular complexity index is 928. The Morgan fingerprint density at radius 3 is 2.41 bits per heavy atom. The van der Waals surface area contributed by atoms with Crippen molar-refractivity contribution in [3.8, 4) is 11.5 Å². The van der Waals surface area contributed by atoms with Gasteiger partial charge in [-0.1, -0.05) is 36.4 Å². The number of hydrogen-bond acceptors (Lipinski definition) is 5. The summed E-state index contributed by atoms with van der Waals surface area (Å²) in [5.41, 5.74) is 2.87. The Hall–Kier alpha value is -3.54. The van der Waals surface area contributed by atoms with Crippen molar-refractivity contribution < 1.29 is 14.3 Å². The normalized spacial score (nSPS) is 10.3. The van der Waals surface area contributed by atoms with E-state index >= 15 is 0 Å². The lowest BCUT2D eigenvalue weighted by molar-refractivity contribution is -0.116. The summed E-state index contributed by atoms with van der Waals surface area (Å²) in [6.07, 6.45) is 2.63. The van der Waals surface area contributed by atoms with E-state index in [1.807, 2.05) is 48.5 Å². The smallest absolute Gasteiger partial charge is 0.224 e. The van der Waals surface area contributed by atoms with Crippen molar-refractivity contribution in [3.63, 3.8) is 0 Å². The second-order valence-corrected chi connectivity index (χ2v) is 6.51. The fraction of sp³-hybridized carbons (Fsp3) is 0.217. The predicted molar refractivity (Wildman–Crippen MR) is 115 cm³/mol. The number of nitrogens with one attached hydrogen (secondary N) is 2. The second kappa shape index (κ2) is 10.1. The van der Waals surface area contributed by atoms with Crippen molar-refractivity contribution in [1.82, 2.24) is 4.98 Å². The molecule has 29 heavy (non-hydrogen) atoms. The summed E-state index contributed by atoms with van der Waals surface area (Å²) in [5.74, 6) is 2.03. The third kappa shape index (κ3) is 5.97. The molecule has 0 spiro atoms. The Morgan fingerprint density at radius 1 is 0.931 bits per heavy atom. The molecule has 2 N–H and O–H groups in total. The minimum absolute atomic E-state index is 0.0634. The molecule has 6 nitrogen and oxygen atoms in total. The molecule has 0 radical (unpaired) electrons. The number of amides is 1. The van der Waals surface area contributed by atoms with Crippen molar-refractivity contribution in [2.45, 2.75) is 19.4 Å². The van der Waals surface area contributed by atoms with Crippen LogP contribution < -0.4 is 20.1 Å². The van der Waals surface area contributed by atoms with E-state index in [0.29, 0.717) is 36.6 Å². The molecule has 0 atom stereocenters. The first-order valence-corrected chi connectivity index (χ1v) is 9.42. The van der Waals surface area contributed by atoms with Crippen LogP contribution in [0.3, 0.4) is 0 Å². The summed E-state index contributed by atoms with van der Waals surface area (Å²) in [6, 6.07) is 19.5. The highest BCUT2D eigenvalue weighted by Gasteiger charge is 2.08. The summed E-state index contributed by atoms with van der Waals surface area (Å²) in [7, 11) is 3.20. The topological polar surface area (TPSA) is 72.5 Å². The molecule has 0 aliphatic rings. The summed E-state index contributed by atoms with van der Waals surface area (Å²) in [5, 5.41) is 6.14. The summed E-state index contributed by atoms with van der Waals surface area (Å²) in [6.45, 7) is 0.699. The summed E-state index contributed by atoms with van der Waals surface area (Å²) >= 11 is 0.